The Morgan fingerprint density at radius 3 is 2.44 bits per heavy atom. The number of carbonyl (C=O) groups excluding carboxylic acids is 2. The Kier molecular flexibility index (Phi) is 6.28. The van der Waals surface area contributed by atoms with E-state index in [2.05, 4.69) is 18.1 Å². The number of nitrogens with zero attached hydrogens (tertiary/aromatic N) is 2. The number of aryl methyl sites for hydroxylation is 1. The highest BCUT2D eigenvalue weighted by atomic mass is 16.5. The van der Waals surface area contributed by atoms with Crippen molar-refractivity contribution in [2.24, 2.45) is 0 Å². The Labute approximate surface area is 146 Å². The molecule has 6 nitrogen and oxygen atoms in total. The van der Waals surface area contributed by atoms with Crippen LogP contribution in [0.1, 0.15) is 16.2 Å². The number of amides is 1. The second-order valence-corrected chi connectivity index (χ2v) is 5.24. The summed E-state index contributed by atoms with van der Waals surface area (Å²) in [6.07, 6.45) is 3.19. The van der Waals surface area contributed by atoms with Gasteiger partial charge in [0.15, 0.2) is 12.3 Å². The van der Waals surface area contributed by atoms with E-state index in [0.717, 1.165) is 5.56 Å². The van der Waals surface area contributed by atoms with Crippen molar-refractivity contribution in [1.29, 1.82) is 0 Å². The van der Waals surface area contributed by atoms with Crippen LogP contribution in [0.4, 0.5) is 0 Å². The van der Waals surface area contributed by atoms with Gasteiger partial charge >= 0.3 is 5.97 Å². The summed E-state index contributed by atoms with van der Waals surface area (Å²) in [5.41, 5.74) is 0.814. The third-order valence-electron chi connectivity index (χ3n) is 3.39. The maximum absolute atomic E-state index is 12.2. The van der Waals surface area contributed by atoms with E-state index < -0.39 is 5.97 Å². The van der Waals surface area contributed by atoms with Crippen LogP contribution in [-0.2, 0) is 9.53 Å². The van der Waals surface area contributed by atoms with E-state index in [-0.39, 0.29) is 18.2 Å². The van der Waals surface area contributed by atoms with Crippen LogP contribution in [0.15, 0.2) is 60.1 Å². The number of rotatable bonds is 8. The van der Waals surface area contributed by atoms with Gasteiger partial charge < -0.3 is 14.1 Å². The third kappa shape index (κ3) is 4.67. The van der Waals surface area contributed by atoms with Crippen molar-refractivity contribution in [3.63, 3.8) is 0 Å². The molecule has 0 atom stereocenters. The molecule has 0 fully saturated rings. The van der Waals surface area contributed by atoms with Crippen molar-refractivity contribution in [2.75, 3.05) is 19.7 Å². The van der Waals surface area contributed by atoms with Gasteiger partial charge in [-0.15, -0.1) is 13.2 Å². The number of esters is 1. The van der Waals surface area contributed by atoms with Gasteiger partial charge in [0.2, 0.25) is 5.89 Å². The molecule has 1 heterocycles. The number of hydrogen-bond acceptors (Lipinski definition) is 5. The van der Waals surface area contributed by atoms with E-state index in [4.69, 9.17) is 9.15 Å². The molecule has 0 N–H and O–H groups in total. The second kappa shape index (κ2) is 8.63. The van der Waals surface area contributed by atoms with Crippen molar-refractivity contribution < 1.29 is 18.7 Å². The molecular weight excluding hydrogens is 320 g/mol. The first-order chi connectivity index (χ1) is 12.1. The Morgan fingerprint density at radius 2 is 1.84 bits per heavy atom. The van der Waals surface area contributed by atoms with Crippen LogP contribution in [0.2, 0.25) is 0 Å². The van der Waals surface area contributed by atoms with Crippen molar-refractivity contribution >= 4 is 11.9 Å². The Balaban J connectivity index is 2.04. The van der Waals surface area contributed by atoms with E-state index in [9.17, 15) is 9.59 Å². The summed E-state index contributed by atoms with van der Waals surface area (Å²) in [7, 11) is 0. The van der Waals surface area contributed by atoms with Gasteiger partial charge in [0.05, 0.1) is 0 Å². The quantitative estimate of drug-likeness (QED) is 0.545. The lowest BCUT2D eigenvalue weighted by atomic mass is 10.2. The summed E-state index contributed by atoms with van der Waals surface area (Å²) in [5, 5.41) is 0. The second-order valence-electron chi connectivity index (χ2n) is 5.24. The molecule has 2 aromatic rings. The van der Waals surface area contributed by atoms with E-state index in [1.165, 1.54) is 4.90 Å². The van der Waals surface area contributed by atoms with Gasteiger partial charge in [-0.05, 0) is 19.1 Å². The van der Waals surface area contributed by atoms with Gasteiger partial charge in [-0.25, -0.2) is 9.78 Å². The Hall–Kier alpha value is -3.15. The zero-order chi connectivity index (χ0) is 18.2. The summed E-state index contributed by atoms with van der Waals surface area (Å²) in [6, 6.07) is 9.22. The molecule has 0 bridgehead atoms. The van der Waals surface area contributed by atoms with Gasteiger partial charge in [0.1, 0.15) is 5.76 Å². The molecule has 0 aliphatic rings. The molecule has 0 saturated carbocycles. The highest BCUT2D eigenvalue weighted by molar-refractivity contribution is 5.91. The summed E-state index contributed by atoms with van der Waals surface area (Å²) >= 11 is 0. The maximum Gasteiger partial charge on any atom is 0.361 e. The fourth-order valence-corrected chi connectivity index (χ4v) is 2.17. The number of hydrogen-bond donors (Lipinski definition) is 0. The molecule has 0 saturated heterocycles. The first-order valence-corrected chi connectivity index (χ1v) is 7.76. The van der Waals surface area contributed by atoms with E-state index in [0.29, 0.717) is 24.7 Å². The lowest BCUT2D eigenvalue weighted by molar-refractivity contribution is -0.133. The molecule has 1 amide bonds. The standard InChI is InChI=1S/C19H20N2O4/c1-4-11-21(12-5-2)16(22)13-24-19(23)17-14(3)25-18(20-17)15-9-7-6-8-10-15/h4-10H,1-2,11-13H2,3H3. The highest BCUT2D eigenvalue weighted by Gasteiger charge is 2.21. The SMILES string of the molecule is C=CCN(CC=C)C(=O)COC(=O)c1nc(-c2ccccc2)oc1C. The van der Waals surface area contributed by atoms with Crippen LogP contribution in [0.25, 0.3) is 11.5 Å². The predicted molar refractivity (Wildman–Crippen MR) is 93.9 cm³/mol. The molecule has 25 heavy (non-hydrogen) atoms. The number of aromatic nitrogens is 1. The van der Waals surface area contributed by atoms with E-state index in [1.54, 1.807) is 19.1 Å². The lowest BCUT2D eigenvalue weighted by Gasteiger charge is -2.18. The fourth-order valence-electron chi connectivity index (χ4n) is 2.17. The number of carbonyl (C=O) groups is 2. The van der Waals surface area contributed by atoms with Crippen LogP contribution >= 0.6 is 0 Å². The molecule has 0 spiro atoms. The van der Waals surface area contributed by atoms with Gasteiger partial charge in [-0.3, -0.25) is 4.79 Å². The zero-order valence-corrected chi connectivity index (χ0v) is 14.1. The van der Waals surface area contributed by atoms with Gasteiger partial charge in [0.25, 0.3) is 5.91 Å². The van der Waals surface area contributed by atoms with E-state index in [1.807, 2.05) is 30.3 Å². The minimum absolute atomic E-state index is 0.0608. The minimum Gasteiger partial charge on any atom is -0.451 e. The maximum atomic E-state index is 12.2. The summed E-state index contributed by atoms with van der Waals surface area (Å²) < 4.78 is 10.6. The molecule has 0 aliphatic heterocycles. The molecule has 6 heteroatoms. The van der Waals surface area contributed by atoms with Crippen molar-refractivity contribution in [1.82, 2.24) is 9.88 Å². The molecule has 0 radical (unpaired) electrons. The minimum atomic E-state index is -0.700. The van der Waals surface area contributed by atoms with Gasteiger partial charge in [0, 0.05) is 18.7 Å². The highest BCUT2D eigenvalue weighted by Crippen LogP contribution is 2.21. The monoisotopic (exact) mass is 340 g/mol. The summed E-state index contributed by atoms with van der Waals surface area (Å²) in [6.45, 7) is 9.13. The van der Waals surface area contributed by atoms with Gasteiger partial charge in [-0.1, -0.05) is 30.4 Å². The normalized spacial score (nSPS) is 10.1. The average molecular weight is 340 g/mol. The summed E-state index contributed by atoms with van der Waals surface area (Å²) in [5.74, 6) is -0.367. The first-order valence-electron chi connectivity index (χ1n) is 7.76. The van der Waals surface area contributed by atoms with Crippen LogP contribution in [0, 0.1) is 6.92 Å². The molecule has 130 valence electrons. The van der Waals surface area contributed by atoms with Crippen molar-refractivity contribution in [3.8, 4) is 11.5 Å². The van der Waals surface area contributed by atoms with Crippen LogP contribution in [0.5, 0.6) is 0 Å². The lowest BCUT2D eigenvalue weighted by Crippen LogP contribution is -2.35. The van der Waals surface area contributed by atoms with Crippen LogP contribution in [-0.4, -0.2) is 41.5 Å². The van der Waals surface area contributed by atoms with Crippen LogP contribution < -0.4 is 0 Å². The Bertz CT molecular complexity index is 755. The third-order valence-corrected chi connectivity index (χ3v) is 3.39. The largest absolute Gasteiger partial charge is 0.451 e. The molecule has 1 aromatic heterocycles. The molecule has 0 unspecified atom stereocenters. The molecular formula is C19H20N2O4. The smallest absolute Gasteiger partial charge is 0.361 e. The van der Waals surface area contributed by atoms with Gasteiger partial charge in [-0.2, -0.15) is 0 Å². The predicted octanol–water partition coefficient (Wildman–Crippen LogP) is 3.01. The fraction of sp³-hybridized carbons (Fsp3) is 0.211. The zero-order valence-electron chi connectivity index (χ0n) is 14.1. The molecule has 2 rings (SSSR count). The Morgan fingerprint density at radius 1 is 1.20 bits per heavy atom. The number of oxazole rings is 1. The number of ether oxygens (including phenoxy) is 1. The molecule has 1 aromatic carbocycles. The topological polar surface area (TPSA) is 72.6 Å². The average Bonchev–Trinajstić information content (AvgIpc) is 3.02. The van der Waals surface area contributed by atoms with Crippen molar-refractivity contribution in [3.05, 3.63) is 67.1 Å². The summed E-state index contributed by atoms with van der Waals surface area (Å²) in [4.78, 5) is 29.9. The van der Waals surface area contributed by atoms with E-state index >= 15 is 0 Å². The number of benzene rings is 1. The van der Waals surface area contributed by atoms with Crippen LogP contribution in [0.3, 0.4) is 0 Å². The van der Waals surface area contributed by atoms with Crippen molar-refractivity contribution in [2.45, 2.75) is 6.92 Å². The molecule has 0 aliphatic carbocycles. The first kappa shape index (κ1) is 18.2.